The molecule has 166 valence electrons. The summed E-state index contributed by atoms with van der Waals surface area (Å²) in [7, 11) is 0. The van der Waals surface area contributed by atoms with Crippen molar-refractivity contribution in [2.75, 3.05) is 19.7 Å². The Labute approximate surface area is 173 Å². The number of hydrogen-bond acceptors (Lipinski definition) is 5. The van der Waals surface area contributed by atoms with Crippen LogP contribution in [0.4, 0.5) is 0 Å². The number of hydrogen-bond donors (Lipinski definition) is 3. The van der Waals surface area contributed by atoms with Crippen molar-refractivity contribution in [3.63, 3.8) is 0 Å². The Bertz CT molecular complexity index is 442. The van der Waals surface area contributed by atoms with Gasteiger partial charge in [-0.2, -0.15) is 0 Å². The maximum atomic E-state index is 11.8. The third kappa shape index (κ3) is 11.4. The summed E-state index contributed by atoms with van der Waals surface area (Å²) in [6.07, 6.45) is 11.3. The largest absolute Gasteiger partial charge is 0.463 e. The lowest BCUT2D eigenvalue weighted by Gasteiger charge is -2.46. The van der Waals surface area contributed by atoms with Gasteiger partial charge in [0.05, 0.1) is 0 Å². The number of ether oxygens (including phenoxy) is 1. The van der Waals surface area contributed by atoms with Crippen molar-refractivity contribution in [2.45, 2.75) is 110 Å². The van der Waals surface area contributed by atoms with E-state index in [0.717, 1.165) is 38.6 Å². The Morgan fingerprint density at radius 1 is 1.14 bits per heavy atom. The van der Waals surface area contributed by atoms with E-state index in [4.69, 9.17) is 10.5 Å². The molecule has 0 bridgehead atoms. The summed E-state index contributed by atoms with van der Waals surface area (Å²) in [5, 5.41) is 13.5. The minimum absolute atomic E-state index is 0.0735. The van der Waals surface area contributed by atoms with Gasteiger partial charge in [-0.25, -0.2) is 0 Å². The first kappa shape index (κ1) is 25.4. The molecule has 0 aromatic carbocycles. The summed E-state index contributed by atoms with van der Waals surface area (Å²) in [5.74, 6) is -0.195. The quantitative estimate of drug-likeness (QED) is 0.302. The van der Waals surface area contributed by atoms with E-state index in [0.29, 0.717) is 13.0 Å². The number of nitrogens with two attached hydrogens (primary N) is 1. The Morgan fingerprint density at radius 2 is 1.79 bits per heavy atom. The molecular weight excluding hydrogens is 352 g/mol. The van der Waals surface area contributed by atoms with Crippen LogP contribution in [0.5, 0.6) is 0 Å². The van der Waals surface area contributed by atoms with Crippen molar-refractivity contribution in [3.05, 3.63) is 0 Å². The molecule has 0 aromatic rings. The van der Waals surface area contributed by atoms with Crippen molar-refractivity contribution >= 4 is 5.97 Å². The molecule has 0 radical (unpaired) electrons. The van der Waals surface area contributed by atoms with Gasteiger partial charge in [-0.1, -0.05) is 66.2 Å². The zero-order valence-corrected chi connectivity index (χ0v) is 18.9. The number of esters is 1. The summed E-state index contributed by atoms with van der Waals surface area (Å²) in [6, 6.07) is 0.244. The number of aliphatic hydroxyl groups is 1. The molecule has 1 aliphatic carbocycles. The van der Waals surface area contributed by atoms with Crippen molar-refractivity contribution < 1.29 is 14.6 Å². The van der Waals surface area contributed by atoms with Crippen molar-refractivity contribution in [1.82, 2.24) is 5.32 Å². The van der Waals surface area contributed by atoms with Gasteiger partial charge in [0, 0.05) is 25.6 Å². The van der Waals surface area contributed by atoms with Crippen LogP contribution >= 0.6 is 0 Å². The Morgan fingerprint density at radius 3 is 2.43 bits per heavy atom. The molecule has 0 saturated heterocycles. The molecule has 0 spiro atoms. The van der Waals surface area contributed by atoms with Crippen molar-refractivity contribution in [2.24, 2.45) is 16.6 Å². The molecule has 0 amide bonds. The van der Waals surface area contributed by atoms with Crippen LogP contribution in [-0.4, -0.2) is 42.9 Å². The van der Waals surface area contributed by atoms with Gasteiger partial charge in [0.1, 0.15) is 12.7 Å². The van der Waals surface area contributed by atoms with Gasteiger partial charge < -0.3 is 20.9 Å². The molecule has 3 unspecified atom stereocenters. The SMILES string of the molecule is CCCCCCCCCC(=O)OCC(O)CNCC1(C)CC(N)CC(C)(C)C1. The lowest BCUT2D eigenvalue weighted by molar-refractivity contribution is -0.146. The van der Waals surface area contributed by atoms with Crippen LogP contribution in [0.2, 0.25) is 0 Å². The topological polar surface area (TPSA) is 84.6 Å². The summed E-state index contributed by atoms with van der Waals surface area (Å²) in [4.78, 5) is 11.8. The van der Waals surface area contributed by atoms with E-state index < -0.39 is 6.10 Å². The molecule has 1 aliphatic rings. The van der Waals surface area contributed by atoms with Crippen LogP contribution in [0.3, 0.4) is 0 Å². The molecule has 3 atom stereocenters. The van der Waals surface area contributed by atoms with E-state index in [9.17, 15) is 9.90 Å². The fourth-order valence-corrected chi connectivity index (χ4v) is 4.94. The lowest BCUT2D eigenvalue weighted by Crippen LogP contribution is -2.47. The lowest BCUT2D eigenvalue weighted by atomic mass is 9.63. The number of carbonyl (C=O) groups excluding carboxylic acids is 1. The van der Waals surface area contributed by atoms with Crippen LogP contribution in [0.25, 0.3) is 0 Å². The highest BCUT2D eigenvalue weighted by Crippen LogP contribution is 2.45. The molecule has 5 heteroatoms. The monoisotopic (exact) mass is 398 g/mol. The summed E-state index contributed by atoms with van der Waals surface area (Å²) >= 11 is 0. The molecule has 0 heterocycles. The summed E-state index contributed by atoms with van der Waals surface area (Å²) in [6.45, 7) is 10.4. The van der Waals surface area contributed by atoms with Crippen molar-refractivity contribution in [3.8, 4) is 0 Å². The Kier molecular flexibility index (Phi) is 11.6. The zero-order valence-electron chi connectivity index (χ0n) is 18.9. The fraction of sp³-hybridized carbons (Fsp3) is 0.957. The van der Waals surface area contributed by atoms with E-state index in [2.05, 4.69) is 33.0 Å². The molecule has 1 saturated carbocycles. The summed E-state index contributed by atoms with van der Waals surface area (Å²) < 4.78 is 5.22. The highest BCUT2D eigenvalue weighted by atomic mass is 16.5. The van der Waals surface area contributed by atoms with Gasteiger partial charge in [-0.05, 0) is 36.5 Å². The highest BCUT2D eigenvalue weighted by Gasteiger charge is 2.39. The van der Waals surface area contributed by atoms with Gasteiger partial charge in [0.15, 0.2) is 0 Å². The van der Waals surface area contributed by atoms with E-state index in [1.54, 1.807) is 0 Å². The molecule has 4 N–H and O–H groups in total. The van der Waals surface area contributed by atoms with Crippen LogP contribution in [0, 0.1) is 10.8 Å². The zero-order chi connectivity index (χ0) is 21.0. The molecule has 5 nitrogen and oxygen atoms in total. The first-order chi connectivity index (χ1) is 13.2. The molecule has 1 rings (SSSR count). The standard InChI is InChI=1S/C23H46N2O3/c1-5-6-7-8-9-10-11-12-21(27)28-16-20(26)15-25-18-23(4)14-19(24)13-22(2,3)17-23/h19-20,25-26H,5-18,24H2,1-4H3. The second-order valence-corrected chi connectivity index (χ2v) is 10.2. The number of carbonyl (C=O) groups is 1. The molecule has 0 aromatic heterocycles. The molecule has 28 heavy (non-hydrogen) atoms. The number of aliphatic hydroxyl groups excluding tert-OH is 1. The highest BCUT2D eigenvalue weighted by molar-refractivity contribution is 5.69. The van der Waals surface area contributed by atoms with Crippen molar-refractivity contribution in [1.29, 1.82) is 0 Å². The first-order valence-corrected chi connectivity index (χ1v) is 11.5. The second kappa shape index (κ2) is 12.8. The maximum Gasteiger partial charge on any atom is 0.305 e. The predicted molar refractivity (Wildman–Crippen MR) is 116 cm³/mol. The average molecular weight is 399 g/mol. The Hall–Kier alpha value is -0.650. The molecule has 1 fully saturated rings. The second-order valence-electron chi connectivity index (χ2n) is 10.2. The van der Waals surface area contributed by atoms with Crippen LogP contribution < -0.4 is 11.1 Å². The average Bonchev–Trinajstić information content (AvgIpc) is 2.56. The van der Waals surface area contributed by atoms with Gasteiger partial charge in [0.25, 0.3) is 0 Å². The van der Waals surface area contributed by atoms with Crippen LogP contribution in [0.1, 0.15) is 98.3 Å². The minimum Gasteiger partial charge on any atom is -0.463 e. The third-order valence-corrected chi connectivity index (χ3v) is 5.83. The summed E-state index contributed by atoms with van der Waals surface area (Å²) in [5.41, 5.74) is 6.65. The van der Waals surface area contributed by atoms with Gasteiger partial charge in [-0.15, -0.1) is 0 Å². The van der Waals surface area contributed by atoms with E-state index in [1.165, 1.54) is 32.1 Å². The predicted octanol–water partition coefficient (Wildman–Crippen LogP) is 4.16. The van der Waals surface area contributed by atoms with Crippen LogP contribution in [0.15, 0.2) is 0 Å². The molecular formula is C23H46N2O3. The number of unbranched alkanes of at least 4 members (excludes halogenated alkanes) is 6. The smallest absolute Gasteiger partial charge is 0.305 e. The van der Waals surface area contributed by atoms with E-state index in [1.807, 2.05) is 0 Å². The van der Waals surface area contributed by atoms with E-state index in [-0.39, 0.29) is 29.4 Å². The van der Waals surface area contributed by atoms with Gasteiger partial charge >= 0.3 is 5.97 Å². The molecule has 0 aliphatic heterocycles. The van der Waals surface area contributed by atoms with Crippen LogP contribution in [-0.2, 0) is 9.53 Å². The van der Waals surface area contributed by atoms with Gasteiger partial charge in [-0.3, -0.25) is 4.79 Å². The number of rotatable bonds is 14. The van der Waals surface area contributed by atoms with Gasteiger partial charge in [0.2, 0.25) is 0 Å². The maximum absolute atomic E-state index is 11.8. The third-order valence-electron chi connectivity index (χ3n) is 5.83. The normalized spacial score (nSPS) is 25.4. The first-order valence-electron chi connectivity index (χ1n) is 11.5. The number of nitrogens with one attached hydrogen (secondary N) is 1. The Balaban J connectivity index is 2.10. The van der Waals surface area contributed by atoms with E-state index >= 15 is 0 Å². The fourth-order valence-electron chi connectivity index (χ4n) is 4.94. The minimum atomic E-state index is -0.660.